The number of sulfone groups is 1. The second kappa shape index (κ2) is 5.43. The highest BCUT2D eigenvalue weighted by atomic mass is 32.2. The van der Waals surface area contributed by atoms with Gasteiger partial charge in [-0.3, -0.25) is 10.00 Å². The van der Waals surface area contributed by atoms with Crippen LogP contribution in [0.2, 0.25) is 0 Å². The summed E-state index contributed by atoms with van der Waals surface area (Å²) >= 11 is 0. The summed E-state index contributed by atoms with van der Waals surface area (Å²) in [5, 5.41) is 7.00. The van der Waals surface area contributed by atoms with Gasteiger partial charge in [-0.2, -0.15) is 5.10 Å². The van der Waals surface area contributed by atoms with E-state index in [4.69, 9.17) is 4.74 Å². The van der Waals surface area contributed by atoms with E-state index in [9.17, 15) is 13.2 Å². The van der Waals surface area contributed by atoms with E-state index in [1.165, 1.54) is 0 Å². The predicted octanol–water partition coefficient (Wildman–Crippen LogP) is 1.43. The predicted molar refractivity (Wildman–Crippen MR) is 74.7 cm³/mol. The zero-order valence-electron chi connectivity index (χ0n) is 11.8. The quantitative estimate of drug-likeness (QED) is 0.912. The second-order valence-corrected chi connectivity index (χ2v) is 7.12. The van der Waals surface area contributed by atoms with Crippen LogP contribution in [0.15, 0.2) is 0 Å². The molecule has 1 aliphatic rings. The number of hydrogen-bond donors (Lipinski definition) is 1. The Morgan fingerprint density at radius 3 is 2.75 bits per heavy atom. The largest absolute Gasteiger partial charge is 0.450 e. The van der Waals surface area contributed by atoms with E-state index in [0.717, 1.165) is 5.69 Å². The van der Waals surface area contributed by atoms with Crippen molar-refractivity contribution >= 4 is 21.6 Å². The van der Waals surface area contributed by atoms with Crippen molar-refractivity contribution in [3.05, 3.63) is 11.4 Å². The third-order valence-electron chi connectivity index (χ3n) is 3.38. The molecule has 0 radical (unpaired) electrons. The van der Waals surface area contributed by atoms with Gasteiger partial charge in [0.25, 0.3) is 0 Å². The van der Waals surface area contributed by atoms with Crippen LogP contribution >= 0.6 is 0 Å². The Morgan fingerprint density at radius 2 is 2.20 bits per heavy atom. The monoisotopic (exact) mass is 301 g/mol. The van der Waals surface area contributed by atoms with Crippen LogP contribution in [0.1, 0.15) is 30.8 Å². The first-order valence-corrected chi connectivity index (χ1v) is 8.36. The van der Waals surface area contributed by atoms with Gasteiger partial charge >= 0.3 is 6.09 Å². The van der Waals surface area contributed by atoms with Gasteiger partial charge in [0.05, 0.1) is 41.2 Å². The van der Waals surface area contributed by atoms with E-state index in [1.54, 1.807) is 18.5 Å². The molecule has 2 heterocycles. The highest BCUT2D eigenvalue weighted by Gasteiger charge is 2.31. The van der Waals surface area contributed by atoms with Crippen LogP contribution in [0.3, 0.4) is 0 Å². The maximum Gasteiger partial charge on any atom is 0.411 e. The van der Waals surface area contributed by atoms with Crippen LogP contribution in [-0.4, -0.2) is 42.4 Å². The molecule has 0 aromatic carbocycles. The Morgan fingerprint density at radius 1 is 1.50 bits per heavy atom. The van der Waals surface area contributed by atoms with Gasteiger partial charge in [0.2, 0.25) is 0 Å². The van der Waals surface area contributed by atoms with Crippen LogP contribution in [0.25, 0.3) is 0 Å². The van der Waals surface area contributed by atoms with Crippen molar-refractivity contribution in [2.45, 2.75) is 33.2 Å². The molecule has 0 spiro atoms. The molecule has 1 atom stereocenters. The van der Waals surface area contributed by atoms with Gasteiger partial charge < -0.3 is 4.74 Å². The summed E-state index contributed by atoms with van der Waals surface area (Å²) in [7, 11) is -2.97. The first kappa shape index (κ1) is 14.8. The lowest BCUT2D eigenvalue weighted by atomic mass is 10.2. The van der Waals surface area contributed by atoms with E-state index in [0.29, 0.717) is 24.4 Å². The molecule has 1 unspecified atom stereocenters. The number of aromatic nitrogens is 2. The molecule has 112 valence electrons. The van der Waals surface area contributed by atoms with Gasteiger partial charge in [-0.25, -0.2) is 13.2 Å². The minimum absolute atomic E-state index is 0.105. The average Bonchev–Trinajstić information content (AvgIpc) is 2.84. The summed E-state index contributed by atoms with van der Waals surface area (Å²) < 4.78 is 29.6. The Labute approximate surface area is 118 Å². The average molecular weight is 301 g/mol. The highest BCUT2D eigenvalue weighted by Crippen LogP contribution is 2.29. The van der Waals surface area contributed by atoms with E-state index in [-0.39, 0.29) is 17.5 Å². The number of carbonyl (C=O) groups excluding carboxylic acids is 1. The topological polar surface area (TPSA) is 90.3 Å². The van der Waals surface area contributed by atoms with Crippen molar-refractivity contribution in [2.75, 3.05) is 23.4 Å². The lowest BCUT2D eigenvalue weighted by Crippen LogP contribution is -2.16. The highest BCUT2D eigenvalue weighted by molar-refractivity contribution is 7.91. The van der Waals surface area contributed by atoms with E-state index in [2.05, 4.69) is 10.4 Å². The van der Waals surface area contributed by atoms with Crippen LogP contribution in [-0.2, 0) is 14.6 Å². The second-order valence-electron chi connectivity index (χ2n) is 4.89. The maximum absolute atomic E-state index is 11.5. The molecule has 7 nitrogen and oxygen atoms in total. The summed E-state index contributed by atoms with van der Waals surface area (Å²) in [4.78, 5) is 11.5. The normalized spacial score (nSPS) is 20.9. The molecule has 1 N–H and O–H groups in total. The third kappa shape index (κ3) is 2.95. The summed E-state index contributed by atoms with van der Waals surface area (Å²) in [5.74, 6) is 0.296. The molecule has 1 amide bonds. The van der Waals surface area contributed by atoms with Crippen molar-refractivity contribution < 1.29 is 17.9 Å². The molecule has 1 saturated heterocycles. The molecule has 1 aromatic rings. The summed E-state index contributed by atoms with van der Waals surface area (Å²) in [6.07, 6.45) is 0.0284. The zero-order valence-corrected chi connectivity index (χ0v) is 12.7. The zero-order chi connectivity index (χ0) is 14.9. The minimum atomic E-state index is -2.97. The number of ether oxygens (including phenoxy) is 1. The number of aryl methyl sites for hydroxylation is 1. The van der Waals surface area contributed by atoms with Crippen molar-refractivity contribution in [1.82, 2.24) is 9.78 Å². The smallest absolute Gasteiger partial charge is 0.411 e. The van der Waals surface area contributed by atoms with Gasteiger partial charge in [-0.15, -0.1) is 0 Å². The SMILES string of the molecule is CCOC(=O)Nc1c(C)nn(C2CCS(=O)(=O)C2)c1C. The Kier molecular flexibility index (Phi) is 4.03. The van der Waals surface area contributed by atoms with Crippen molar-refractivity contribution in [3.8, 4) is 0 Å². The van der Waals surface area contributed by atoms with Crippen LogP contribution in [0.4, 0.5) is 10.5 Å². The van der Waals surface area contributed by atoms with Crippen LogP contribution in [0, 0.1) is 13.8 Å². The Bertz CT molecular complexity index is 621. The molecule has 0 aliphatic carbocycles. The number of nitrogens with one attached hydrogen (secondary N) is 1. The van der Waals surface area contributed by atoms with Gasteiger partial charge in [0.15, 0.2) is 9.84 Å². The van der Waals surface area contributed by atoms with Gasteiger partial charge in [-0.1, -0.05) is 0 Å². The molecule has 1 aromatic heterocycles. The Balaban J connectivity index is 2.23. The fraction of sp³-hybridized carbons (Fsp3) is 0.667. The van der Waals surface area contributed by atoms with Crippen molar-refractivity contribution in [2.24, 2.45) is 0 Å². The molecular formula is C12H19N3O4S. The fourth-order valence-corrected chi connectivity index (χ4v) is 4.13. The Hall–Kier alpha value is -1.57. The molecule has 8 heteroatoms. The van der Waals surface area contributed by atoms with Crippen LogP contribution in [0.5, 0.6) is 0 Å². The number of carbonyl (C=O) groups is 1. The van der Waals surface area contributed by atoms with Gasteiger partial charge in [0, 0.05) is 0 Å². The maximum atomic E-state index is 11.5. The first-order chi connectivity index (χ1) is 9.34. The molecule has 1 fully saturated rings. The standard InChI is InChI=1S/C12H19N3O4S/c1-4-19-12(16)13-11-8(2)14-15(9(11)3)10-5-6-20(17,18)7-10/h10H,4-7H2,1-3H3,(H,13,16). The first-order valence-electron chi connectivity index (χ1n) is 6.54. The lowest BCUT2D eigenvalue weighted by molar-refractivity contribution is 0.168. The number of hydrogen-bond acceptors (Lipinski definition) is 5. The van der Waals surface area contributed by atoms with Gasteiger partial charge in [-0.05, 0) is 27.2 Å². The fourth-order valence-electron chi connectivity index (χ4n) is 2.44. The van der Waals surface area contributed by atoms with Crippen LogP contribution < -0.4 is 5.32 Å². The molecule has 0 saturated carbocycles. The molecule has 2 rings (SSSR count). The van der Waals surface area contributed by atoms with Crippen molar-refractivity contribution in [1.29, 1.82) is 0 Å². The van der Waals surface area contributed by atoms with E-state index >= 15 is 0 Å². The molecule has 20 heavy (non-hydrogen) atoms. The van der Waals surface area contributed by atoms with E-state index in [1.807, 2.05) is 6.92 Å². The molecule has 0 bridgehead atoms. The molecular weight excluding hydrogens is 282 g/mol. The van der Waals surface area contributed by atoms with E-state index < -0.39 is 15.9 Å². The third-order valence-corrected chi connectivity index (χ3v) is 5.13. The van der Waals surface area contributed by atoms with Gasteiger partial charge in [0.1, 0.15) is 0 Å². The number of amides is 1. The molecule has 1 aliphatic heterocycles. The minimum Gasteiger partial charge on any atom is -0.450 e. The summed E-state index contributed by atoms with van der Waals surface area (Å²) in [5.41, 5.74) is 1.99. The summed E-state index contributed by atoms with van der Waals surface area (Å²) in [6, 6.07) is -0.156. The lowest BCUT2D eigenvalue weighted by Gasteiger charge is -2.11. The van der Waals surface area contributed by atoms with Crippen molar-refractivity contribution in [3.63, 3.8) is 0 Å². The number of anilines is 1. The summed E-state index contributed by atoms with van der Waals surface area (Å²) in [6.45, 7) is 5.60. The number of nitrogens with zero attached hydrogens (tertiary/aromatic N) is 2. The number of rotatable bonds is 3.